The molecule has 1 saturated heterocycles. The van der Waals surface area contributed by atoms with Gasteiger partial charge in [0.15, 0.2) is 5.82 Å². The molecule has 19 heavy (non-hydrogen) atoms. The van der Waals surface area contributed by atoms with Gasteiger partial charge in [-0.3, -0.25) is 4.57 Å². The van der Waals surface area contributed by atoms with Crippen LogP contribution in [0.25, 0.3) is 0 Å². The van der Waals surface area contributed by atoms with E-state index in [4.69, 9.17) is 20.2 Å². The molecule has 0 aliphatic carbocycles. The highest BCUT2D eigenvalue weighted by Gasteiger charge is 2.28. The molecule has 0 aromatic carbocycles. The van der Waals surface area contributed by atoms with E-state index in [1.165, 1.54) is 11.7 Å². The standard InChI is InChI=1S/C10H16ClN3O4S/c1-17-7-5-14-9(8-4-2-3-6-18-8)12-13-10(14)19(11,15)16/h8H,2-7H2,1H3. The molecular formula is C10H16ClN3O4S. The molecule has 1 aliphatic rings. The number of rotatable bonds is 5. The van der Waals surface area contributed by atoms with Crippen molar-refractivity contribution in [3.63, 3.8) is 0 Å². The van der Waals surface area contributed by atoms with Crippen LogP contribution < -0.4 is 0 Å². The predicted octanol–water partition coefficient (Wildman–Crippen LogP) is 1.09. The normalized spacial score (nSPS) is 20.6. The predicted molar refractivity (Wildman–Crippen MR) is 67.5 cm³/mol. The summed E-state index contributed by atoms with van der Waals surface area (Å²) in [7, 11) is 2.97. The fraction of sp³-hybridized carbons (Fsp3) is 0.800. The van der Waals surface area contributed by atoms with E-state index in [1.807, 2.05) is 0 Å². The zero-order chi connectivity index (χ0) is 13.9. The third kappa shape index (κ3) is 3.44. The van der Waals surface area contributed by atoms with Crippen molar-refractivity contribution in [3.05, 3.63) is 5.82 Å². The van der Waals surface area contributed by atoms with Crippen LogP contribution in [0, 0.1) is 0 Å². The molecule has 0 bridgehead atoms. The summed E-state index contributed by atoms with van der Waals surface area (Å²) in [6.07, 6.45) is 2.59. The van der Waals surface area contributed by atoms with Crippen LogP contribution >= 0.6 is 10.7 Å². The van der Waals surface area contributed by atoms with Gasteiger partial charge in [-0.05, 0) is 19.3 Å². The maximum Gasteiger partial charge on any atom is 0.296 e. The third-order valence-corrected chi connectivity index (χ3v) is 4.10. The van der Waals surface area contributed by atoms with E-state index in [2.05, 4.69) is 10.2 Å². The fourth-order valence-electron chi connectivity index (χ4n) is 2.06. The first-order valence-electron chi connectivity index (χ1n) is 6.02. The Kier molecular flexibility index (Phi) is 4.77. The molecule has 9 heteroatoms. The highest BCUT2D eigenvalue weighted by molar-refractivity contribution is 8.13. The first-order valence-corrected chi connectivity index (χ1v) is 8.33. The Hall–Kier alpha value is -0.700. The molecule has 0 saturated carbocycles. The average Bonchev–Trinajstić information content (AvgIpc) is 2.81. The largest absolute Gasteiger partial charge is 0.383 e. The van der Waals surface area contributed by atoms with Gasteiger partial charge >= 0.3 is 0 Å². The smallest absolute Gasteiger partial charge is 0.296 e. The van der Waals surface area contributed by atoms with Gasteiger partial charge < -0.3 is 9.47 Å². The lowest BCUT2D eigenvalue weighted by molar-refractivity contribution is 0.00615. The van der Waals surface area contributed by atoms with Crippen LogP contribution in [-0.2, 0) is 25.1 Å². The summed E-state index contributed by atoms with van der Waals surface area (Å²) in [5.41, 5.74) is 0. The maximum atomic E-state index is 11.5. The Morgan fingerprint density at radius 1 is 1.47 bits per heavy atom. The molecule has 1 aromatic rings. The summed E-state index contributed by atoms with van der Waals surface area (Å²) in [5, 5.41) is 7.35. The van der Waals surface area contributed by atoms with Crippen molar-refractivity contribution in [2.24, 2.45) is 0 Å². The molecule has 0 spiro atoms. The lowest BCUT2D eigenvalue weighted by Crippen LogP contribution is -2.19. The van der Waals surface area contributed by atoms with E-state index in [0.29, 0.717) is 25.6 Å². The molecule has 7 nitrogen and oxygen atoms in total. The van der Waals surface area contributed by atoms with Gasteiger partial charge in [-0.1, -0.05) is 0 Å². The molecule has 1 unspecified atom stereocenters. The summed E-state index contributed by atoms with van der Waals surface area (Å²) in [5.74, 6) is 0.496. The number of nitrogens with zero attached hydrogens (tertiary/aromatic N) is 3. The van der Waals surface area contributed by atoms with E-state index in [9.17, 15) is 8.42 Å². The molecule has 108 valence electrons. The molecule has 1 aliphatic heterocycles. The van der Waals surface area contributed by atoms with Crippen molar-refractivity contribution in [2.75, 3.05) is 20.3 Å². The van der Waals surface area contributed by atoms with Crippen molar-refractivity contribution in [3.8, 4) is 0 Å². The topological polar surface area (TPSA) is 83.3 Å². The molecule has 2 heterocycles. The van der Waals surface area contributed by atoms with E-state index in [0.717, 1.165) is 19.3 Å². The number of ether oxygens (including phenoxy) is 2. The Balaban J connectivity index is 2.34. The van der Waals surface area contributed by atoms with Crippen molar-refractivity contribution in [2.45, 2.75) is 37.1 Å². The summed E-state index contributed by atoms with van der Waals surface area (Å²) < 4.78 is 35.0. The van der Waals surface area contributed by atoms with Crippen molar-refractivity contribution in [1.29, 1.82) is 0 Å². The molecule has 0 radical (unpaired) electrons. The van der Waals surface area contributed by atoms with Gasteiger partial charge in [0.2, 0.25) is 0 Å². The zero-order valence-corrected chi connectivity index (χ0v) is 12.2. The molecule has 0 N–H and O–H groups in total. The maximum absolute atomic E-state index is 11.5. The van der Waals surface area contributed by atoms with Gasteiger partial charge in [0.25, 0.3) is 14.2 Å². The highest BCUT2D eigenvalue weighted by Crippen LogP contribution is 2.28. The number of hydrogen-bond donors (Lipinski definition) is 0. The minimum atomic E-state index is -3.93. The number of methoxy groups -OCH3 is 1. The van der Waals surface area contributed by atoms with Crippen LogP contribution in [0.5, 0.6) is 0 Å². The van der Waals surface area contributed by atoms with Gasteiger partial charge in [-0.15, -0.1) is 10.2 Å². The Morgan fingerprint density at radius 3 is 2.84 bits per heavy atom. The number of aromatic nitrogens is 3. The van der Waals surface area contributed by atoms with E-state index >= 15 is 0 Å². The Bertz CT molecular complexity index is 525. The third-order valence-electron chi connectivity index (χ3n) is 2.95. The van der Waals surface area contributed by atoms with Crippen molar-refractivity contribution in [1.82, 2.24) is 14.8 Å². The lowest BCUT2D eigenvalue weighted by Gasteiger charge is -2.22. The van der Waals surface area contributed by atoms with Crippen molar-refractivity contribution < 1.29 is 17.9 Å². The number of halogens is 1. The molecule has 0 amide bonds. The summed E-state index contributed by atoms with van der Waals surface area (Å²) in [6, 6.07) is 0. The van der Waals surface area contributed by atoms with Gasteiger partial charge in [0, 0.05) is 24.4 Å². The van der Waals surface area contributed by atoms with Crippen LogP contribution in [0.3, 0.4) is 0 Å². The average molecular weight is 310 g/mol. The molecular weight excluding hydrogens is 294 g/mol. The monoisotopic (exact) mass is 309 g/mol. The Morgan fingerprint density at radius 2 is 2.26 bits per heavy atom. The molecule has 1 aromatic heterocycles. The summed E-state index contributed by atoms with van der Waals surface area (Å²) in [6.45, 7) is 1.31. The zero-order valence-electron chi connectivity index (χ0n) is 10.6. The first kappa shape index (κ1) is 14.7. The van der Waals surface area contributed by atoms with Crippen LogP contribution in [0.4, 0.5) is 0 Å². The summed E-state index contributed by atoms with van der Waals surface area (Å²) >= 11 is 0. The number of hydrogen-bond acceptors (Lipinski definition) is 6. The van der Waals surface area contributed by atoms with E-state index in [-0.39, 0.29) is 11.3 Å². The molecule has 1 atom stereocenters. The fourth-order valence-corrected chi connectivity index (χ4v) is 2.98. The molecule has 1 fully saturated rings. The van der Waals surface area contributed by atoms with Gasteiger partial charge in [0.1, 0.15) is 6.10 Å². The van der Waals surface area contributed by atoms with E-state index in [1.54, 1.807) is 0 Å². The quantitative estimate of drug-likeness (QED) is 0.757. The van der Waals surface area contributed by atoms with Crippen LogP contribution in [0.1, 0.15) is 31.2 Å². The summed E-state index contributed by atoms with van der Waals surface area (Å²) in [4.78, 5) is 0. The van der Waals surface area contributed by atoms with Gasteiger partial charge in [0.05, 0.1) is 13.2 Å². The second-order valence-electron chi connectivity index (χ2n) is 4.28. The van der Waals surface area contributed by atoms with Gasteiger partial charge in [-0.2, -0.15) is 0 Å². The van der Waals surface area contributed by atoms with Crippen LogP contribution in [-0.4, -0.2) is 43.5 Å². The second kappa shape index (κ2) is 6.17. The van der Waals surface area contributed by atoms with Crippen LogP contribution in [0.15, 0.2) is 5.16 Å². The minimum Gasteiger partial charge on any atom is -0.383 e. The van der Waals surface area contributed by atoms with E-state index < -0.39 is 9.05 Å². The van der Waals surface area contributed by atoms with Crippen LogP contribution in [0.2, 0.25) is 0 Å². The molecule has 2 rings (SSSR count). The Labute approximate surface area is 116 Å². The lowest BCUT2D eigenvalue weighted by atomic mass is 10.1. The highest BCUT2D eigenvalue weighted by atomic mass is 35.7. The second-order valence-corrected chi connectivity index (χ2v) is 6.74. The SMILES string of the molecule is COCCn1c(C2CCCCO2)nnc1S(=O)(=O)Cl. The van der Waals surface area contributed by atoms with Gasteiger partial charge in [-0.25, -0.2) is 8.42 Å². The minimum absolute atomic E-state index is 0.231. The first-order chi connectivity index (χ1) is 9.04. The van der Waals surface area contributed by atoms with Crippen molar-refractivity contribution >= 4 is 19.7 Å².